The lowest BCUT2D eigenvalue weighted by Gasteiger charge is -2.29. The monoisotopic (exact) mass is 1070 g/mol. The first-order valence-corrected chi connectivity index (χ1v) is 28.5. The fourth-order valence-electron chi connectivity index (χ4n) is 8.78. The topological polar surface area (TPSA) is 199 Å². The number of amides is 1. The normalized spacial score (nSPS) is 14.3. The van der Waals surface area contributed by atoms with Crippen LogP contribution in [0.4, 0.5) is 4.79 Å². The SMILES string of the molecule is CCCCC(CC)COC(=O)C(CC)CCCCC(CCCCC(C)(CCCCC(C)(CC)C(=O)OCC(C)C)C(=O)OCCOc1ccccc1)C(=O)OCCNC(=O)OCCOc1ccc(C(=O)C(C)(C)O)cc1. The summed E-state index contributed by atoms with van der Waals surface area (Å²) in [5.74, 6) is -0.358. The minimum atomic E-state index is -1.50. The van der Waals surface area contributed by atoms with Gasteiger partial charge in [0.25, 0.3) is 0 Å². The van der Waals surface area contributed by atoms with Crippen molar-refractivity contribution in [3.8, 4) is 11.5 Å². The smallest absolute Gasteiger partial charge is 0.407 e. The number of para-hydroxylation sites is 1. The molecular weight excluding hydrogens is 971 g/mol. The molecule has 0 spiro atoms. The Balaban J connectivity index is 2.06. The number of ketones is 1. The van der Waals surface area contributed by atoms with Crippen LogP contribution < -0.4 is 14.8 Å². The number of unbranched alkanes of at least 4 members (excludes halogenated alkanes) is 4. The van der Waals surface area contributed by atoms with E-state index >= 15 is 0 Å². The molecule has 0 aliphatic rings. The van der Waals surface area contributed by atoms with Gasteiger partial charge in [-0.25, -0.2) is 4.79 Å². The second-order valence-electron chi connectivity index (χ2n) is 21.8. The Hall–Kier alpha value is -5.18. The Labute approximate surface area is 455 Å². The number of carbonyl (C=O) groups is 6. The lowest BCUT2D eigenvalue weighted by Crippen LogP contribution is -2.32. The molecule has 2 N–H and O–H groups in total. The number of nitrogens with one attached hydrogen (secondary N) is 1. The molecule has 0 aromatic heterocycles. The molecule has 1 amide bonds. The number of benzene rings is 2. The largest absolute Gasteiger partial charge is 0.490 e. The van der Waals surface area contributed by atoms with Crippen molar-refractivity contribution in [3.05, 3.63) is 60.2 Å². The van der Waals surface area contributed by atoms with E-state index in [2.05, 4.69) is 19.2 Å². The standard InChI is InChI=1S/C61H97NO14/c1-11-15-25-47(12-2)45-75-54(64)48(13-3)26-19-20-27-50(55(65)72-39-38-62-58(68)74-43-41-71-52-33-31-49(32-34-52)53(63)59(7,8)69)28-21-22-36-61(10,57(67)73-42-40-70-51-29-17-16-18-30-51)37-24-23-35-60(9,14-4)56(66)76-44-46(5)6/h16-18,29-34,46-48,50,69H,11-15,19-28,35-45H2,1-10H3,(H,62,68). The van der Waals surface area contributed by atoms with Crippen LogP contribution in [0.25, 0.3) is 0 Å². The molecular formula is C61H97NO14. The first-order chi connectivity index (χ1) is 36.2. The molecule has 15 heteroatoms. The third-order valence-electron chi connectivity index (χ3n) is 14.3. The number of Topliss-reactive ketones (excluding diaryl/α,β-unsaturated/α-hetero) is 1. The maximum absolute atomic E-state index is 13.9. The molecule has 0 radical (unpaired) electrons. The number of hydrogen-bond donors (Lipinski definition) is 2. The summed E-state index contributed by atoms with van der Waals surface area (Å²) in [4.78, 5) is 78.6. The highest BCUT2D eigenvalue weighted by Gasteiger charge is 2.36. The number of alkyl carbamates (subject to hydrolysis) is 1. The summed E-state index contributed by atoms with van der Waals surface area (Å²) in [6, 6.07) is 15.6. The molecule has 5 unspecified atom stereocenters. The van der Waals surface area contributed by atoms with Crippen LogP contribution in [0.5, 0.6) is 11.5 Å². The molecule has 2 aromatic rings. The Morgan fingerprint density at radius 3 is 1.64 bits per heavy atom. The first kappa shape index (κ1) is 66.9. The summed E-state index contributed by atoms with van der Waals surface area (Å²) < 4.78 is 39.6. The second kappa shape index (κ2) is 36.8. The zero-order valence-electron chi connectivity index (χ0n) is 48.1. The summed E-state index contributed by atoms with van der Waals surface area (Å²) in [6.07, 6.45) is 12.5. The first-order valence-electron chi connectivity index (χ1n) is 28.5. The van der Waals surface area contributed by atoms with Crippen LogP contribution in [0.2, 0.25) is 0 Å². The van der Waals surface area contributed by atoms with Gasteiger partial charge in [0.2, 0.25) is 0 Å². The Bertz CT molecular complexity index is 1970. The van der Waals surface area contributed by atoms with Crippen molar-refractivity contribution in [2.75, 3.05) is 52.8 Å². The molecule has 2 rings (SSSR count). The number of ether oxygens (including phenoxy) is 7. The maximum Gasteiger partial charge on any atom is 0.407 e. The summed E-state index contributed by atoms with van der Waals surface area (Å²) in [5, 5.41) is 12.6. The zero-order chi connectivity index (χ0) is 56.4. The van der Waals surface area contributed by atoms with Crippen LogP contribution in [0.1, 0.15) is 195 Å². The van der Waals surface area contributed by atoms with E-state index in [1.54, 1.807) is 24.3 Å². The minimum absolute atomic E-state index is 0.0276. The average molecular weight is 1070 g/mol. The van der Waals surface area contributed by atoms with Gasteiger partial charge in [0.1, 0.15) is 50.1 Å². The number of carbonyl (C=O) groups excluding carboxylic acids is 6. The van der Waals surface area contributed by atoms with Gasteiger partial charge in [-0.2, -0.15) is 0 Å². The van der Waals surface area contributed by atoms with Gasteiger partial charge in [-0.15, -0.1) is 0 Å². The fourth-order valence-corrected chi connectivity index (χ4v) is 8.78. The number of hydrogen-bond acceptors (Lipinski definition) is 14. The number of aliphatic hydroxyl groups is 1. The molecule has 0 bridgehead atoms. The van der Waals surface area contributed by atoms with E-state index in [0.717, 1.165) is 38.5 Å². The summed E-state index contributed by atoms with van der Waals surface area (Å²) in [6.45, 7) is 20.1. The Morgan fingerprint density at radius 1 is 0.539 bits per heavy atom. The molecule has 0 saturated carbocycles. The molecule has 2 aromatic carbocycles. The highest BCUT2D eigenvalue weighted by Crippen LogP contribution is 2.36. The van der Waals surface area contributed by atoms with Gasteiger partial charge in [0.15, 0.2) is 5.78 Å². The molecule has 0 saturated heterocycles. The quantitative estimate of drug-likeness (QED) is 0.0275. The van der Waals surface area contributed by atoms with Gasteiger partial charge >= 0.3 is 30.0 Å². The van der Waals surface area contributed by atoms with E-state index in [0.29, 0.717) is 113 Å². The fraction of sp³-hybridized carbons (Fsp3) is 0.705. The molecule has 76 heavy (non-hydrogen) atoms. The van der Waals surface area contributed by atoms with E-state index in [1.165, 1.54) is 13.8 Å². The average Bonchev–Trinajstić information content (AvgIpc) is 3.40. The summed E-state index contributed by atoms with van der Waals surface area (Å²) >= 11 is 0. The minimum Gasteiger partial charge on any atom is -0.490 e. The van der Waals surface area contributed by atoms with Gasteiger partial charge in [-0.05, 0) is 134 Å². The third-order valence-corrected chi connectivity index (χ3v) is 14.3. The molecule has 0 fully saturated rings. The van der Waals surface area contributed by atoms with Crippen molar-refractivity contribution >= 4 is 35.8 Å². The number of rotatable bonds is 42. The summed E-state index contributed by atoms with van der Waals surface area (Å²) in [7, 11) is 0. The van der Waals surface area contributed by atoms with Crippen molar-refractivity contribution in [2.45, 2.75) is 190 Å². The van der Waals surface area contributed by atoms with Crippen LogP contribution in [-0.4, -0.2) is 99.3 Å². The van der Waals surface area contributed by atoms with E-state index in [1.807, 2.05) is 71.9 Å². The predicted molar refractivity (Wildman–Crippen MR) is 295 cm³/mol. The van der Waals surface area contributed by atoms with E-state index in [9.17, 15) is 33.9 Å². The van der Waals surface area contributed by atoms with E-state index in [4.69, 9.17) is 33.2 Å². The van der Waals surface area contributed by atoms with E-state index in [-0.39, 0.29) is 75.3 Å². The van der Waals surface area contributed by atoms with Gasteiger partial charge in [-0.1, -0.05) is 118 Å². The molecule has 0 heterocycles. The van der Waals surface area contributed by atoms with Gasteiger partial charge in [-0.3, -0.25) is 24.0 Å². The van der Waals surface area contributed by atoms with Crippen LogP contribution in [0.15, 0.2) is 54.6 Å². The van der Waals surface area contributed by atoms with Gasteiger partial charge in [0, 0.05) is 5.56 Å². The zero-order valence-corrected chi connectivity index (χ0v) is 48.1. The van der Waals surface area contributed by atoms with E-state index < -0.39 is 34.2 Å². The van der Waals surface area contributed by atoms with Crippen LogP contribution in [0, 0.1) is 34.5 Å². The number of esters is 4. The van der Waals surface area contributed by atoms with Gasteiger partial charge in [0.05, 0.1) is 42.4 Å². The summed E-state index contributed by atoms with van der Waals surface area (Å²) in [5.41, 5.74) is -2.59. The molecule has 0 aliphatic carbocycles. The van der Waals surface area contributed by atoms with Crippen molar-refractivity contribution in [3.63, 3.8) is 0 Å². The second-order valence-corrected chi connectivity index (χ2v) is 21.8. The van der Waals surface area contributed by atoms with Crippen LogP contribution >= 0.6 is 0 Å². The van der Waals surface area contributed by atoms with Gasteiger partial charge < -0.3 is 43.6 Å². The Kier molecular flexibility index (Phi) is 32.4. The van der Waals surface area contributed by atoms with Crippen LogP contribution in [-0.2, 0) is 42.9 Å². The van der Waals surface area contributed by atoms with Crippen LogP contribution in [0.3, 0.4) is 0 Å². The molecule has 5 atom stereocenters. The predicted octanol–water partition coefficient (Wildman–Crippen LogP) is 12.6. The highest BCUT2D eigenvalue weighted by molar-refractivity contribution is 6.01. The van der Waals surface area contributed by atoms with Crippen molar-refractivity contribution in [1.82, 2.24) is 5.32 Å². The molecule has 15 nitrogen and oxygen atoms in total. The molecule has 430 valence electrons. The van der Waals surface area contributed by atoms with Crippen molar-refractivity contribution in [1.29, 1.82) is 0 Å². The lowest BCUT2D eigenvalue weighted by molar-refractivity contribution is -0.158. The Morgan fingerprint density at radius 2 is 1.08 bits per heavy atom. The molecule has 0 aliphatic heterocycles. The third kappa shape index (κ3) is 26.7. The highest BCUT2D eigenvalue weighted by atomic mass is 16.6. The van der Waals surface area contributed by atoms with Crippen molar-refractivity contribution in [2.24, 2.45) is 34.5 Å². The lowest BCUT2D eigenvalue weighted by atomic mass is 9.77. The van der Waals surface area contributed by atoms with Crippen molar-refractivity contribution < 1.29 is 67.0 Å². The maximum atomic E-state index is 13.9.